The average molecular weight is 247 g/mol. The van der Waals surface area contributed by atoms with Crippen LogP contribution in [-0.4, -0.2) is 12.6 Å². The van der Waals surface area contributed by atoms with Crippen molar-refractivity contribution in [2.45, 2.75) is 59.9 Å². The maximum Gasteiger partial charge on any atom is 0.00700 e. The van der Waals surface area contributed by atoms with Gasteiger partial charge in [0.15, 0.2) is 0 Å². The minimum absolute atomic E-state index is 0.606. The van der Waals surface area contributed by atoms with Crippen molar-refractivity contribution in [3.05, 3.63) is 34.9 Å². The Bertz CT molecular complexity index is 357. The second kappa shape index (κ2) is 7.58. The summed E-state index contributed by atoms with van der Waals surface area (Å²) in [6.07, 6.45) is 3.65. The van der Waals surface area contributed by atoms with E-state index in [1.165, 1.54) is 36.0 Å². The lowest BCUT2D eigenvalue weighted by Crippen LogP contribution is -2.35. The van der Waals surface area contributed by atoms with Crippen molar-refractivity contribution in [2.24, 2.45) is 5.92 Å². The molecule has 0 heterocycles. The zero-order valence-corrected chi connectivity index (χ0v) is 12.7. The van der Waals surface area contributed by atoms with Gasteiger partial charge in [-0.2, -0.15) is 0 Å². The van der Waals surface area contributed by atoms with Gasteiger partial charge >= 0.3 is 0 Å². The van der Waals surface area contributed by atoms with E-state index in [1.54, 1.807) is 0 Å². The van der Waals surface area contributed by atoms with E-state index in [-0.39, 0.29) is 0 Å². The normalized spacial score (nSPS) is 14.5. The Balaban J connectivity index is 2.69. The maximum atomic E-state index is 3.64. The number of rotatable bonds is 7. The van der Waals surface area contributed by atoms with Crippen LogP contribution in [0.25, 0.3) is 0 Å². The van der Waals surface area contributed by atoms with Crippen molar-refractivity contribution in [3.8, 4) is 0 Å². The molecule has 1 rings (SSSR count). The fourth-order valence-electron chi connectivity index (χ4n) is 2.52. The zero-order chi connectivity index (χ0) is 13.5. The van der Waals surface area contributed by atoms with Gasteiger partial charge in [-0.15, -0.1) is 0 Å². The molecule has 102 valence electrons. The minimum Gasteiger partial charge on any atom is -0.314 e. The highest BCUT2D eigenvalue weighted by molar-refractivity contribution is 5.30. The van der Waals surface area contributed by atoms with Crippen molar-refractivity contribution in [3.63, 3.8) is 0 Å². The van der Waals surface area contributed by atoms with E-state index in [2.05, 4.69) is 58.1 Å². The summed E-state index contributed by atoms with van der Waals surface area (Å²) in [4.78, 5) is 0. The summed E-state index contributed by atoms with van der Waals surface area (Å²) < 4.78 is 0. The molecular weight excluding hydrogens is 218 g/mol. The van der Waals surface area contributed by atoms with Gasteiger partial charge in [0.1, 0.15) is 0 Å². The highest BCUT2D eigenvalue weighted by Crippen LogP contribution is 2.20. The molecule has 0 aliphatic carbocycles. The molecule has 2 atom stereocenters. The lowest BCUT2D eigenvalue weighted by Gasteiger charge is -2.24. The standard InChI is InChI=1S/C17H29N/c1-6-10-18-15(5)16(7-2)12-17-11-13(3)8-9-14(17)4/h8-9,11,15-16,18H,6-7,10,12H2,1-5H3. The Hall–Kier alpha value is -0.820. The molecule has 0 aliphatic heterocycles. The highest BCUT2D eigenvalue weighted by Gasteiger charge is 2.16. The summed E-state index contributed by atoms with van der Waals surface area (Å²) in [5, 5.41) is 3.64. The van der Waals surface area contributed by atoms with Gasteiger partial charge in [-0.05, 0) is 57.2 Å². The van der Waals surface area contributed by atoms with Gasteiger partial charge in [-0.1, -0.05) is 44.0 Å². The van der Waals surface area contributed by atoms with Crippen molar-refractivity contribution in [1.29, 1.82) is 0 Å². The Labute approximate surface area is 113 Å². The summed E-state index contributed by atoms with van der Waals surface area (Å²) in [7, 11) is 0. The molecule has 1 nitrogen and oxygen atoms in total. The first-order valence-corrected chi connectivity index (χ1v) is 7.38. The van der Waals surface area contributed by atoms with Crippen LogP contribution in [-0.2, 0) is 6.42 Å². The van der Waals surface area contributed by atoms with Crippen LogP contribution in [0.15, 0.2) is 18.2 Å². The molecule has 1 aromatic rings. The summed E-state index contributed by atoms with van der Waals surface area (Å²) in [6, 6.07) is 7.42. The molecule has 0 amide bonds. The van der Waals surface area contributed by atoms with Gasteiger partial charge in [0.25, 0.3) is 0 Å². The van der Waals surface area contributed by atoms with Crippen LogP contribution in [0.5, 0.6) is 0 Å². The summed E-state index contributed by atoms with van der Waals surface area (Å²) in [6.45, 7) is 12.4. The van der Waals surface area contributed by atoms with Crippen LogP contribution in [0.3, 0.4) is 0 Å². The third-order valence-corrected chi connectivity index (χ3v) is 3.93. The van der Waals surface area contributed by atoms with Gasteiger partial charge in [0.05, 0.1) is 0 Å². The third kappa shape index (κ3) is 4.45. The van der Waals surface area contributed by atoms with Gasteiger partial charge in [-0.25, -0.2) is 0 Å². The Kier molecular flexibility index (Phi) is 6.42. The molecular formula is C17H29N. The topological polar surface area (TPSA) is 12.0 Å². The van der Waals surface area contributed by atoms with Gasteiger partial charge in [-0.3, -0.25) is 0 Å². The van der Waals surface area contributed by atoms with Gasteiger partial charge in [0, 0.05) is 6.04 Å². The van der Waals surface area contributed by atoms with E-state index in [0.717, 1.165) is 12.5 Å². The fourth-order valence-corrected chi connectivity index (χ4v) is 2.52. The lowest BCUT2D eigenvalue weighted by molar-refractivity contribution is 0.362. The van der Waals surface area contributed by atoms with Crippen LogP contribution in [0.2, 0.25) is 0 Å². The van der Waals surface area contributed by atoms with E-state index in [9.17, 15) is 0 Å². The number of benzene rings is 1. The summed E-state index contributed by atoms with van der Waals surface area (Å²) in [5.41, 5.74) is 4.33. The average Bonchev–Trinajstić information content (AvgIpc) is 2.36. The predicted octanol–water partition coefficient (Wildman–Crippen LogP) is 4.26. The molecule has 0 radical (unpaired) electrons. The Morgan fingerprint density at radius 3 is 2.50 bits per heavy atom. The first-order valence-electron chi connectivity index (χ1n) is 7.38. The van der Waals surface area contributed by atoms with Crippen LogP contribution in [0.4, 0.5) is 0 Å². The smallest absolute Gasteiger partial charge is 0.00700 e. The van der Waals surface area contributed by atoms with E-state index in [1.807, 2.05) is 0 Å². The summed E-state index contributed by atoms with van der Waals surface area (Å²) >= 11 is 0. The third-order valence-electron chi connectivity index (χ3n) is 3.93. The van der Waals surface area contributed by atoms with Crippen molar-refractivity contribution < 1.29 is 0 Å². The zero-order valence-electron chi connectivity index (χ0n) is 12.7. The molecule has 1 aromatic carbocycles. The number of nitrogens with one attached hydrogen (secondary N) is 1. The van der Waals surface area contributed by atoms with Crippen LogP contribution < -0.4 is 5.32 Å². The van der Waals surface area contributed by atoms with Crippen LogP contribution in [0.1, 0.15) is 50.3 Å². The van der Waals surface area contributed by atoms with Gasteiger partial charge < -0.3 is 5.32 Å². The van der Waals surface area contributed by atoms with Crippen molar-refractivity contribution >= 4 is 0 Å². The lowest BCUT2D eigenvalue weighted by atomic mass is 9.88. The van der Waals surface area contributed by atoms with E-state index >= 15 is 0 Å². The molecule has 0 fully saturated rings. The molecule has 0 saturated carbocycles. The van der Waals surface area contributed by atoms with E-state index in [4.69, 9.17) is 0 Å². The number of hydrogen-bond acceptors (Lipinski definition) is 1. The van der Waals surface area contributed by atoms with Crippen LogP contribution in [0, 0.1) is 19.8 Å². The van der Waals surface area contributed by atoms with Crippen LogP contribution >= 0.6 is 0 Å². The Morgan fingerprint density at radius 2 is 1.89 bits per heavy atom. The molecule has 0 aliphatic rings. The number of aryl methyl sites for hydroxylation is 2. The Morgan fingerprint density at radius 1 is 1.17 bits per heavy atom. The highest BCUT2D eigenvalue weighted by atomic mass is 14.9. The second-order valence-electron chi connectivity index (χ2n) is 5.55. The largest absolute Gasteiger partial charge is 0.314 e. The molecule has 1 N–H and O–H groups in total. The van der Waals surface area contributed by atoms with Crippen molar-refractivity contribution in [1.82, 2.24) is 5.32 Å². The second-order valence-corrected chi connectivity index (χ2v) is 5.55. The molecule has 18 heavy (non-hydrogen) atoms. The summed E-state index contributed by atoms with van der Waals surface area (Å²) in [5.74, 6) is 0.733. The monoisotopic (exact) mass is 247 g/mol. The van der Waals surface area contributed by atoms with E-state index in [0.29, 0.717) is 6.04 Å². The molecule has 0 spiro atoms. The molecule has 2 unspecified atom stereocenters. The van der Waals surface area contributed by atoms with E-state index < -0.39 is 0 Å². The molecule has 0 saturated heterocycles. The SMILES string of the molecule is CCCNC(C)C(CC)Cc1cc(C)ccc1C. The first kappa shape index (κ1) is 15.2. The van der Waals surface area contributed by atoms with Gasteiger partial charge in [0.2, 0.25) is 0 Å². The molecule has 0 bridgehead atoms. The van der Waals surface area contributed by atoms with Crippen molar-refractivity contribution in [2.75, 3.05) is 6.54 Å². The first-order chi connectivity index (χ1) is 8.58. The number of hydrogen-bond donors (Lipinski definition) is 1. The predicted molar refractivity (Wildman–Crippen MR) is 81.2 cm³/mol. The molecule has 1 heteroatoms. The maximum absolute atomic E-state index is 3.64. The quantitative estimate of drug-likeness (QED) is 0.759. The minimum atomic E-state index is 0.606. The fraction of sp³-hybridized carbons (Fsp3) is 0.647. The molecule has 0 aromatic heterocycles.